The molecule has 23 heavy (non-hydrogen) atoms. The molecule has 2 aliphatic rings. The first-order valence-electron chi connectivity index (χ1n) is 8.66. The lowest BCUT2D eigenvalue weighted by atomic mass is 9.70. The van der Waals surface area contributed by atoms with Gasteiger partial charge in [-0.1, -0.05) is 87.5 Å². The van der Waals surface area contributed by atoms with Crippen molar-refractivity contribution in [2.45, 2.75) is 33.6 Å². The zero-order valence-electron chi connectivity index (χ0n) is 14.3. The van der Waals surface area contributed by atoms with E-state index in [9.17, 15) is 0 Å². The zero-order chi connectivity index (χ0) is 16.1. The highest BCUT2D eigenvalue weighted by molar-refractivity contribution is 7.76. The van der Waals surface area contributed by atoms with Crippen LogP contribution in [0.1, 0.15) is 33.6 Å². The van der Waals surface area contributed by atoms with E-state index >= 15 is 0 Å². The first kappa shape index (κ1) is 15.2. The Morgan fingerprint density at radius 2 is 1.35 bits per heavy atom. The topological polar surface area (TPSA) is 0 Å². The van der Waals surface area contributed by atoms with Crippen molar-refractivity contribution < 1.29 is 0 Å². The van der Waals surface area contributed by atoms with E-state index in [0.717, 1.165) is 5.92 Å². The summed E-state index contributed by atoms with van der Waals surface area (Å²) in [4.78, 5) is 0. The number of benzene rings is 2. The van der Waals surface area contributed by atoms with Crippen LogP contribution in [-0.4, -0.2) is 0 Å². The maximum atomic E-state index is 2.65. The molecule has 2 aromatic carbocycles. The van der Waals surface area contributed by atoms with Gasteiger partial charge in [-0.15, -0.1) is 0 Å². The molecule has 1 heteroatoms. The van der Waals surface area contributed by atoms with E-state index in [0.29, 0.717) is 10.8 Å². The summed E-state index contributed by atoms with van der Waals surface area (Å²) >= 11 is 0. The van der Waals surface area contributed by atoms with Crippen molar-refractivity contribution in [2.24, 2.45) is 16.7 Å². The molecule has 0 aliphatic heterocycles. The Balaban J connectivity index is 1.87. The molecule has 0 spiro atoms. The molecule has 0 radical (unpaired) electrons. The third-order valence-corrected chi connectivity index (χ3v) is 9.25. The Labute approximate surface area is 141 Å². The van der Waals surface area contributed by atoms with Gasteiger partial charge in [-0.2, -0.15) is 0 Å². The lowest BCUT2D eigenvalue weighted by Gasteiger charge is -2.40. The van der Waals surface area contributed by atoms with Gasteiger partial charge in [-0.05, 0) is 53.4 Å². The molecule has 0 aromatic heterocycles. The average molecular weight is 320 g/mol. The van der Waals surface area contributed by atoms with Gasteiger partial charge in [0, 0.05) is 0 Å². The van der Waals surface area contributed by atoms with Crippen molar-refractivity contribution in [3.63, 3.8) is 0 Å². The lowest BCUT2D eigenvalue weighted by Crippen LogP contribution is -2.31. The summed E-state index contributed by atoms with van der Waals surface area (Å²) in [6.45, 7) is 7.49. The molecule has 118 valence electrons. The van der Waals surface area contributed by atoms with Gasteiger partial charge >= 0.3 is 0 Å². The second-order valence-corrected chi connectivity index (χ2v) is 9.94. The minimum absolute atomic E-state index is 0.342. The van der Waals surface area contributed by atoms with Crippen molar-refractivity contribution in [1.82, 2.24) is 0 Å². The molecule has 0 amide bonds. The predicted molar refractivity (Wildman–Crippen MR) is 102 cm³/mol. The molecule has 2 aliphatic carbocycles. The number of allylic oxidation sites excluding steroid dienone is 2. The van der Waals surface area contributed by atoms with Crippen LogP contribution in [0.4, 0.5) is 0 Å². The fraction of sp³-hybridized carbons (Fsp3) is 0.364. The molecule has 0 unspecified atom stereocenters. The smallest absolute Gasteiger partial charge is 0.00107 e. The highest BCUT2D eigenvalue weighted by atomic mass is 31.1. The van der Waals surface area contributed by atoms with E-state index in [2.05, 4.69) is 87.5 Å². The minimum Gasteiger partial charge on any atom is -0.0760 e. The van der Waals surface area contributed by atoms with Crippen LogP contribution >= 0.6 is 7.92 Å². The van der Waals surface area contributed by atoms with Crippen LogP contribution in [0.2, 0.25) is 0 Å². The molecule has 0 N–H and O–H groups in total. The van der Waals surface area contributed by atoms with Crippen LogP contribution in [0.3, 0.4) is 0 Å². The van der Waals surface area contributed by atoms with Gasteiger partial charge in [-0.3, -0.25) is 0 Å². The van der Waals surface area contributed by atoms with Crippen molar-refractivity contribution in [3.8, 4) is 0 Å². The van der Waals surface area contributed by atoms with Crippen molar-refractivity contribution >= 4 is 18.5 Å². The second-order valence-electron chi connectivity index (χ2n) is 7.76. The van der Waals surface area contributed by atoms with Gasteiger partial charge in [0.05, 0.1) is 0 Å². The normalized spacial score (nSPS) is 28.2. The maximum Gasteiger partial charge on any atom is -0.00107 e. The van der Waals surface area contributed by atoms with E-state index < -0.39 is 7.92 Å². The number of fused-ring (bicyclic) bond motifs is 2. The third-order valence-electron chi connectivity index (χ3n) is 6.50. The van der Waals surface area contributed by atoms with E-state index in [1.165, 1.54) is 23.5 Å². The summed E-state index contributed by atoms with van der Waals surface area (Å²) in [6.07, 6.45) is 5.35. The number of rotatable bonds is 3. The largest absolute Gasteiger partial charge is 0.0760 e. The van der Waals surface area contributed by atoms with Gasteiger partial charge in [0.2, 0.25) is 0 Å². The standard InChI is InChI=1S/C22H25P/c1-21(2)17-14-15-22(21,3)20(16-17)23(18-10-6-4-7-11-18)19-12-8-5-9-13-19/h4-13,16-17H,14-15H2,1-3H3/t17-,22+/m1/s1. The summed E-state index contributed by atoms with van der Waals surface area (Å²) in [5, 5.41) is 4.69. The molecule has 2 atom stereocenters. The molecule has 0 nitrogen and oxygen atoms in total. The van der Waals surface area contributed by atoms with Crippen molar-refractivity contribution in [2.75, 3.05) is 0 Å². The molecule has 0 saturated heterocycles. The fourth-order valence-electron chi connectivity index (χ4n) is 4.56. The summed E-state index contributed by atoms with van der Waals surface area (Å²) in [5.41, 5.74) is 0.738. The van der Waals surface area contributed by atoms with E-state index in [1.807, 2.05) is 0 Å². The highest BCUT2D eigenvalue weighted by Crippen LogP contribution is 2.71. The third kappa shape index (κ3) is 2.15. The van der Waals surface area contributed by atoms with E-state index in [4.69, 9.17) is 0 Å². The zero-order valence-corrected chi connectivity index (χ0v) is 15.2. The van der Waals surface area contributed by atoms with Crippen LogP contribution < -0.4 is 10.6 Å². The van der Waals surface area contributed by atoms with Crippen molar-refractivity contribution in [1.29, 1.82) is 0 Å². The Kier molecular flexibility index (Phi) is 3.50. The SMILES string of the molecule is CC1(C)[C@H]2C=C(P(c3ccccc3)c3ccccc3)[C@]1(C)CC2. The van der Waals surface area contributed by atoms with E-state index in [1.54, 1.807) is 5.31 Å². The molecular weight excluding hydrogens is 295 g/mol. The molecule has 1 fully saturated rings. The first-order chi connectivity index (χ1) is 11.0. The number of hydrogen-bond donors (Lipinski definition) is 0. The molecular formula is C22H25P. The molecule has 0 heterocycles. The van der Waals surface area contributed by atoms with Crippen LogP contribution in [0, 0.1) is 16.7 Å². The first-order valence-corrected chi connectivity index (χ1v) is 10.0. The van der Waals surface area contributed by atoms with Gasteiger partial charge in [0.1, 0.15) is 0 Å². The summed E-state index contributed by atoms with van der Waals surface area (Å²) < 4.78 is 0. The minimum atomic E-state index is -0.413. The molecule has 2 aromatic rings. The van der Waals surface area contributed by atoms with Crippen LogP contribution in [0.25, 0.3) is 0 Å². The van der Waals surface area contributed by atoms with Gasteiger partial charge in [-0.25, -0.2) is 0 Å². The predicted octanol–water partition coefficient (Wildman–Crippen LogP) is 5.46. The quantitative estimate of drug-likeness (QED) is 0.659. The maximum absolute atomic E-state index is 2.65. The second kappa shape index (κ2) is 5.32. The Hall–Kier alpha value is -1.39. The summed E-state index contributed by atoms with van der Waals surface area (Å²) in [5.74, 6) is 0.750. The summed E-state index contributed by atoms with van der Waals surface area (Å²) in [7, 11) is -0.413. The van der Waals surface area contributed by atoms with Gasteiger partial charge in [0.15, 0.2) is 0 Å². The van der Waals surface area contributed by atoms with Crippen LogP contribution in [-0.2, 0) is 0 Å². The monoisotopic (exact) mass is 320 g/mol. The number of hydrogen-bond acceptors (Lipinski definition) is 0. The Morgan fingerprint density at radius 3 is 1.74 bits per heavy atom. The molecule has 4 rings (SSSR count). The molecule has 1 saturated carbocycles. The lowest BCUT2D eigenvalue weighted by molar-refractivity contribution is 0.178. The van der Waals surface area contributed by atoms with Crippen LogP contribution in [0.5, 0.6) is 0 Å². The highest BCUT2D eigenvalue weighted by Gasteiger charge is 2.58. The van der Waals surface area contributed by atoms with E-state index in [-0.39, 0.29) is 0 Å². The Morgan fingerprint density at radius 1 is 0.826 bits per heavy atom. The fourth-order valence-corrected chi connectivity index (χ4v) is 7.58. The average Bonchev–Trinajstić information content (AvgIpc) is 2.91. The Bertz CT molecular complexity index is 690. The van der Waals surface area contributed by atoms with Crippen LogP contribution in [0.15, 0.2) is 72.1 Å². The van der Waals surface area contributed by atoms with Gasteiger partial charge in [0.25, 0.3) is 0 Å². The molecule has 2 bridgehead atoms. The summed E-state index contributed by atoms with van der Waals surface area (Å²) in [6, 6.07) is 22.3. The van der Waals surface area contributed by atoms with Crippen molar-refractivity contribution in [3.05, 3.63) is 72.1 Å². The van der Waals surface area contributed by atoms with Gasteiger partial charge < -0.3 is 0 Å².